The van der Waals surface area contributed by atoms with Crippen LogP contribution >= 0.6 is 12.4 Å². The molecule has 0 aromatic heterocycles. The molecule has 1 aliphatic heterocycles. The number of hydrogen-bond acceptors (Lipinski definition) is 4. The minimum absolute atomic E-state index is 0. The first-order valence-electron chi connectivity index (χ1n) is 7.11. The Morgan fingerprint density at radius 2 is 1.91 bits per heavy atom. The fourth-order valence-corrected chi connectivity index (χ4v) is 2.49. The SMILES string of the molecule is COC1(C(=O)Nc2cc(NC(C)=O)ccc2F)CCNCC1.Cl. The van der Waals surface area contributed by atoms with E-state index in [-0.39, 0.29) is 29.9 Å². The summed E-state index contributed by atoms with van der Waals surface area (Å²) >= 11 is 0. The summed E-state index contributed by atoms with van der Waals surface area (Å²) in [5, 5.41) is 8.27. The minimum atomic E-state index is -0.957. The van der Waals surface area contributed by atoms with E-state index in [1.54, 1.807) is 0 Å². The number of benzene rings is 1. The molecule has 1 aromatic carbocycles. The Labute approximate surface area is 140 Å². The van der Waals surface area contributed by atoms with Gasteiger partial charge < -0.3 is 20.7 Å². The van der Waals surface area contributed by atoms with Crippen molar-refractivity contribution in [3.63, 3.8) is 0 Å². The number of nitrogens with one attached hydrogen (secondary N) is 3. The van der Waals surface area contributed by atoms with E-state index in [0.717, 1.165) is 0 Å². The fraction of sp³-hybridized carbons (Fsp3) is 0.467. The zero-order chi connectivity index (χ0) is 16.2. The Kier molecular flexibility index (Phi) is 6.93. The van der Waals surface area contributed by atoms with Crippen molar-refractivity contribution in [1.82, 2.24) is 5.32 Å². The minimum Gasteiger partial charge on any atom is -0.368 e. The Balaban J connectivity index is 0.00000264. The summed E-state index contributed by atoms with van der Waals surface area (Å²) in [5.74, 6) is -1.21. The summed E-state index contributed by atoms with van der Waals surface area (Å²) in [7, 11) is 1.48. The maximum atomic E-state index is 13.9. The van der Waals surface area contributed by atoms with E-state index < -0.39 is 11.4 Å². The maximum absolute atomic E-state index is 13.9. The van der Waals surface area contributed by atoms with Crippen LogP contribution < -0.4 is 16.0 Å². The molecule has 1 aliphatic rings. The number of ether oxygens (including phenoxy) is 1. The van der Waals surface area contributed by atoms with Gasteiger partial charge in [0, 0.05) is 19.7 Å². The maximum Gasteiger partial charge on any atom is 0.256 e. The quantitative estimate of drug-likeness (QED) is 0.779. The number of piperidine rings is 1. The van der Waals surface area contributed by atoms with Gasteiger partial charge in [-0.2, -0.15) is 0 Å². The third-order valence-corrected chi connectivity index (χ3v) is 3.75. The molecule has 0 saturated carbocycles. The second-order valence-electron chi connectivity index (χ2n) is 5.28. The molecule has 0 aliphatic carbocycles. The summed E-state index contributed by atoms with van der Waals surface area (Å²) in [6.45, 7) is 2.68. The number of methoxy groups -OCH3 is 1. The zero-order valence-electron chi connectivity index (χ0n) is 13.1. The van der Waals surface area contributed by atoms with E-state index in [2.05, 4.69) is 16.0 Å². The second-order valence-corrected chi connectivity index (χ2v) is 5.28. The Morgan fingerprint density at radius 1 is 1.26 bits per heavy atom. The largest absolute Gasteiger partial charge is 0.368 e. The number of rotatable bonds is 4. The van der Waals surface area contributed by atoms with Crippen LogP contribution in [0.15, 0.2) is 18.2 Å². The standard InChI is InChI=1S/C15H20FN3O3.ClH/c1-10(20)18-11-3-4-12(16)13(9-11)19-14(21)15(22-2)5-7-17-8-6-15;/h3-4,9,17H,5-8H2,1-2H3,(H,18,20)(H,19,21);1H. The molecular weight excluding hydrogens is 325 g/mol. The van der Waals surface area contributed by atoms with Crippen molar-refractivity contribution in [2.45, 2.75) is 25.4 Å². The molecule has 2 rings (SSSR count). The molecule has 1 aromatic rings. The molecule has 1 fully saturated rings. The molecule has 128 valence electrons. The van der Waals surface area contributed by atoms with Crippen LogP contribution in [0, 0.1) is 5.82 Å². The predicted molar refractivity (Wildman–Crippen MR) is 88.4 cm³/mol. The van der Waals surface area contributed by atoms with Crippen LogP contribution in [0.4, 0.5) is 15.8 Å². The van der Waals surface area contributed by atoms with Gasteiger partial charge in [-0.3, -0.25) is 9.59 Å². The molecule has 0 unspecified atom stereocenters. The number of carbonyl (C=O) groups is 2. The van der Waals surface area contributed by atoms with E-state index in [1.807, 2.05) is 0 Å². The molecule has 1 heterocycles. The van der Waals surface area contributed by atoms with Gasteiger partial charge in [0.05, 0.1) is 5.69 Å². The fourth-order valence-electron chi connectivity index (χ4n) is 2.49. The van der Waals surface area contributed by atoms with Gasteiger partial charge in [-0.05, 0) is 44.1 Å². The Bertz CT molecular complexity index is 577. The molecule has 2 amide bonds. The molecule has 0 bridgehead atoms. The van der Waals surface area contributed by atoms with Crippen molar-refractivity contribution >= 4 is 35.6 Å². The number of halogens is 2. The lowest BCUT2D eigenvalue weighted by Gasteiger charge is -2.34. The molecule has 23 heavy (non-hydrogen) atoms. The van der Waals surface area contributed by atoms with Crippen molar-refractivity contribution < 1.29 is 18.7 Å². The average molecular weight is 346 g/mol. The van der Waals surface area contributed by atoms with Crippen LogP contribution in [0.5, 0.6) is 0 Å². The van der Waals surface area contributed by atoms with E-state index in [4.69, 9.17) is 4.74 Å². The first kappa shape index (κ1) is 19.3. The van der Waals surface area contributed by atoms with Gasteiger partial charge in [-0.1, -0.05) is 0 Å². The van der Waals surface area contributed by atoms with Crippen molar-refractivity contribution in [2.24, 2.45) is 0 Å². The summed E-state index contributed by atoms with van der Waals surface area (Å²) in [5.41, 5.74) is -0.519. The van der Waals surface area contributed by atoms with Gasteiger partial charge in [0.25, 0.3) is 5.91 Å². The molecule has 3 N–H and O–H groups in total. The van der Waals surface area contributed by atoms with E-state index in [0.29, 0.717) is 31.6 Å². The highest BCUT2D eigenvalue weighted by Crippen LogP contribution is 2.26. The van der Waals surface area contributed by atoms with Gasteiger partial charge in [0.1, 0.15) is 11.4 Å². The molecule has 1 saturated heterocycles. The van der Waals surface area contributed by atoms with Crippen molar-refractivity contribution in [3.8, 4) is 0 Å². The highest BCUT2D eigenvalue weighted by Gasteiger charge is 2.39. The van der Waals surface area contributed by atoms with Gasteiger partial charge in [0.2, 0.25) is 5.91 Å². The van der Waals surface area contributed by atoms with E-state index in [1.165, 1.54) is 32.2 Å². The molecule has 0 atom stereocenters. The van der Waals surface area contributed by atoms with Crippen LogP contribution in [0.1, 0.15) is 19.8 Å². The van der Waals surface area contributed by atoms with Gasteiger partial charge in [-0.15, -0.1) is 12.4 Å². The van der Waals surface area contributed by atoms with E-state index in [9.17, 15) is 14.0 Å². The number of carbonyl (C=O) groups excluding carboxylic acids is 2. The van der Waals surface area contributed by atoms with Crippen molar-refractivity contribution in [3.05, 3.63) is 24.0 Å². The monoisotopic (exact) mass is 345 g/mol. The summed E-state index contributed by atoms with van der Waals surface area (Å²) in [6.07, 6.45) is 1.03. The van der Waals surface area contributed by atoms with E-state index >= 15 is 0 Å². The summed E-state index contributed by atoms with van der Waals surface area (Å²) < 4.78 is 19.3. The van der Waals surface area contributed by atoms with Crippen LogP contribution in [0.25, 0.3) is 0 Å². The highest BCUT2D eigenvalue weighted by molar-refractivity contribution is 5.98. The second kappa shape index (κ2) is 8.24. The molecule has 8 heteroatoms. The summed E-state index contributed by atoms with van der Waals surface area (Å²) in [6, 6.07) is 4.02. The van der Waals surface area contributed by atoms with Crippen molar-refractivity contribution in [1.29, 1.82) is 0 Å². The van der Waals surface area contributed by atoms with Gasteiger partial charge >= 0.3 is 0 Å². The van der Waals surface area contributed by atoms with Gasteiger partial charge in [0.15, 0.2) is 0 Å². The highest BCUT2D eigenvalue weighted by atomic mass is 35.5. The molecular formula is C15H21ClFN3O3. The first-order chi connectivity index (χ1) is 10.5. The third kappa shape index (κ3) is 4.63. The normalized spacial score (nSPS) is 16.1. The lowest BCUT2D eigenvalue weighted by atomic mass is 9.91. The van der Waals surface area contributed by atoms with Crippen LogP contribution in [0.2, 0.25) is 0 Å². The molecule has 0 spiro atoms. The zero-order valence-corrected chi connectivity index (χ0v) is 13.9. The number of amides is 2. The lowest BCUT2D eigenvalue weighted by molar-refractivity contribution is -0.140. The molecule has 6 nitrogen and oxygen atoms in total. The van der Waals surface area contributed by atoms with Crippen molar-refractivity contribution in [2.75, 3.05) is 30.8 Å². The topological polar surface area (TPSA) is 79.5 Å². The average Bonchev–Trinajstić information content (AvgIpc) is 2.50. The molecule has 0 radical (unpaired) electrons. The smallest absolute Gasteiger partial charge is 0.256 e. The third-order valence-electron chi connectivity index (χ3n) is 3.75. The number of anilines is 2. The van der Waals surface area contributed by atoms with Gasteiger partial charge in [-0.25, -0.2) is 4.39 Å². The first-order valence-corrected chi connectivity index (χ1v) is 7.11. The lowest BCUT2D eigenvalue weighted by Crippen LogP contribution is -2.51. The van der Waals surface area contributed by atoms with Crippen LogP contribution in [0.3, 0.4) is 0 Å². The van der Waals surface area contributed by atoms with Crippen LogP contribution in [-0.2, 0) is 14.3 Å². The van der Waals surface area contributed by atoms with Crippen LogP contribution in [-0.4, -0.2) is 37.6 Å². The predicted octanol–water partition coefficient (Wildman–Crippen LogP) is 1.91. The summed E-state index contributed by atoms with van der Waals surface area (Å²) in [4.78, 5) is 23.5. The number of hydrogen-bond donors (Lipinski definition) is 3. The Hall–Kier alpha value is -1.70. The Morgan fingerprint density at radius 3 is 2.48 bits per heavy atom.